The number of nitrogens with one attached hydrogen (secondary N) is 1. The number of urea groups is 1. The van der Waals surface area contributed by atoms with E-state index in [1.54, 1.807) is 17.0 Å². The molecule has 5 nitrogen and oxygen atoms in total. The number of carbonyl (C=O) groups is 1. The first-order valence-electron chi connectivity index (χ1n) is 7.93. The van der Waals surface area contributed by atoms with Gasteiger partial charge < -0.3 is 15.0 Å². The van der Waals surface area contributed by atoms with Gasteiger partial charge in [0.15, 0.2) is 0 Å². The van der Waals surface area contributed by atoms with Gasteiger partial charge in [0.2, 0.25) is 0 Å². The summed E-state index contributed by atoms with van der Waals surface area (Å²) in [6.07, 6.45) is -0.0298. The Morgan fingerprint density at radius 3 is 2.84 bits per heavy atom. The van der Waals surface area contributed by atoms with Crippen molar-refractivity contribution in [2.24, 2.45) is 0 Å². The smallest absolute Gasteiger partial charge is 0.322 e. The topological polar surface area (TPSA) is 54.5 Å². The Kier molecular flexibility index (Phi) is 4.23. The number of amides is 2. The quantitative estimate of drug-likeness (QED) is 0.732. The van der Waals surface area contributed by atoms with Gasteiger partial charge in [-0.2, -0.15) is 0 Å². The molecule has 2 aromatic carbocycles. The van der Waals surface area contributed by atoms with Crippen LogP contribution in [0.5, 0.6) is 5.19 Å². The molecular weight excluding hydrogens is 358 g/mol. The molecule has 7 heteroatoms. The molecule has 4 rings (SSSR count). The zero-order chi connectivity index (χ0) is 17.4. The summed E-state index contributed by atoms with van der Waals surface area (Å²) in [6.45, 7) is 3.10. The Morgan fingerprint density at radius 2 is 2.08 bits per heavy atom. The van der Waals surface area contributed by atoms with Gasteiger partial charge in [-0.15, -0.1) is 0 Å². The number of carbonyl (C=O) groups excluding carboxylic acids is 1. The molecule has 2 amide bonds. The zero-order valence-electron chi connectivity index (χ0n) is 13.5. The monoisotopic (exact) mass is 373 g/mol. The number of fused-ring (bicyclic) bond motifs is 1. The van der Waals surface area contributed by atoms with Crippen LogP contribution in [-0.2, 0) is 0 Å². The molecule has 0 radical (unpaired) electrons. The van der Waals surface area contributed by atoms with Crippen molar-refractivity contribution in [3.63, 3.8) is 0 Å². The predicted molar refractivity (Wildman–Crippen MR) is 101 cm³/mol. The first kappa shape index (κ1) is 16.2. The normalized spacial score (nSPS) is 14.4. The van der Waals surface area contributed by atoms with Crippen LogP contribution < -0.4 is 10.1 Å². The molecule has 1 fully saturated rings. The highest BCUT2D eigenvalue weighted by Gasteiger charge is 2.33. The molecule has 3 aromatic rings. The van der Waals surface area contributed by atoms with Gasteiger partial charge in [-0.05, 0) is 30.7 Å². The molecule has 25 heavy (non-hydrogen) atoms. The van der Waals surface area contributed by atoms with E-state index in [0.29, 0.717) is 29.0 Å². The molecule has 1 aliphatic heterocycles. The average molecular weight is 374 g/mol. The van der Waals surface area contributed by atoms with Crippen LogP contribution in [0.25, 0.3) is 10.2 Å². The summed E-state index contributed by atoms with van der Waals surface area (Å²) >= 11 is 7.59. The number of nitrogens with zero attached hydrogens (tertiary/aromatic N) is 2. The number of aryl methyl sites for hydroxylation is 1. The van der Waals surface area contributed by atoms with E-state index < -0.39 is 0 Å². The molecule has 0 spiro atoms. The van der Waals surface area contributed by atoms with Crippen LogP contribution in [-0.4, -0.2) is 35.1 Å². The van der Waals surface area contributed by atoms with Crippen molar-refractivity contribution in [2.75, 3.05) is 18.4 Å². The van der Waals surface area contributed by atoms with E-state index >= 15 is 0 Å². The third-order valence-corrected chi connectivity index (χ3v) is 5.36. The molecule has 0 saturated carbocycles. The molecule has 0 bridgehead atoms. The lowest BCUT2D eigenvalue weighted by atomic mass is 10.2. The van der Waals surface area contributed by atoms with E-state index in [0.717, 1.165) is 15.8 Å². The minimum Gasteiger partial charge on any atom is -0.463 e. The van der Waals surface area contributed by atoms with E-state index in [-0.39, 0.29) is 12.1 Å². The van der Waals surface area contributed by atoms with Crippen molar-refractivity contribution in [1.82, 2.24) is 9.88 Å². The molecule has 1 N–H and O–H groups in total. The van der Waals surface area contributed by atoms with Gasteiger partial charge in [0, 0.05) is 0 Å². The average Bonchev–Trinajstić information content (AvgIpc) is 2.97. The summed E-state index contributed by atoms with van der Waals surface area (Å²) in [5.41, 5.74) is 2.73. The van der Waals surface area contributed by atoms with Crippen LogP contribution in [0.15, 0.2) is 42.5 Å². The van der Waals surface area contributed by atoms with Crippen molar-refractivity contribution in [3.8, 4) is 5.19 Å². The standard InChI is InChI=1S/C18H16ClN3O2S/c1-11-5-4-8-15-16(11)21-18(25-15)24-12-9-22(10-12)17(23)20-14-7-3-2-6-13(14)19/h2-8,12H,9-10H2,1H3,(H,20,23). The maximum atomic E-state index is 12.2. The van der Waals surface area contributed by atoms with Gasteiger partial charge in [0.1, 0.15) is 6.10 Å². The highest BCUT2D eigenvalue weighted by molar-refractivity contribution is 7.20. The molecular formula is C18H16ClN3O2S. The fraction of sp³-hybridized carbons (Fsp3) is 0.222. The molecule has 0 atom stereocenters. The van der Waals surface area contributed by atoms with Gasteiger partial charge in [0.25, 0.3) is 5.19 Å². The van der Waals surface area contributed by atoms with E-state index in [1.807, 2.05) is 37.3 Å². The number of halogens is 1. The van der Waals surface area contributed by atoms with Gasteiger partial charge in [-0.3, -0.25) is 0 Å². The number of benzene rings is 2. The van der Waals surface area contributed by atoms with Crippen molar-refractivity contribution < 1.29 is 9.53 Å². The Hall–Kier alpha value is -2.31. The molecule has 0 aliphatic carbocycles. The lowest BCUT2D eigenvalue weighted by Gasteiger charge is -2.38. The first-order valence-corrected chi connectivity index (χ1v) is 9.13. The van der Waals surface area contributed by atoms with E-state index in [2.05, 4.69) is 10.3 Å². The summed E-state index contributed by atoms with van der Waals surface area (Å²) in [6, 6.07) is 13.1. The minimum absolute atomic E-state index is 0.0298. The van der Waals surface area contributed by atoms with Gasteiger partial charge in [-0.1, -0.05) is 47.2 Å². The fourth-order valence-electron chi connectivity index (χ4n) is 2.69. The number of hydrogen-bond acceptors (Lipinski definition) is 4. The van der Waals surface area contributed by atoms with Crippen LogP contribution in [0.2, 0.25) is 5.02 Å². The molecule has 2 heterocycles. The maximum Gasteiger partial charge on any atom is 0.322 e. The molecule has 1 aliphatic rings. The van der Waals surface area contributed by atoms with Crippen LogP contribution in [0.3, 0.4) is 0 Å². The van der Waals surface area contributed by atoms with Crippen LogP contribution in [0.4, 0.5) is 10.5 Å². The van der Waals surface area contributed by atoms with E-state index in [1.165, 1.54) is 11.3 Å². The molecule has 1 saturated heterocycles. The maximum absolute atomic E-state index is 12.2. The Balaban J connectivity index is 1.34. The van der Waals surface area contributed by atoms with Crippen LogP contribution in [0, 0.1) is 6.92 Å². The van der Waals surface area contributed by atoms with Crippen molar-refractivity contribution in [3.05, 3.63) is 53.1 Å². The number of aromatic nitrogens is 1. The highest BCUT2D eigenvalue weighted by Crippen LogP contribution is 2.31. The predicted octanol–water partition coefficient (Wildman–Crippen LogP) is 4.55. The largest absolute Gasteiger partial charge is 0.463 e. The Bertz CT molecular complexity index is 937. The van der Waals surface area contributed by atoms with Crippen molar-refractivity contribution >= 4 is 44.9 Å². The number of hydrogen-bond donors (Lipinski definition) is 1. The summed E-state index contributed by atoms with van der Waals surface area (Å²) in [7, 11) is 0. The molecule has 1 aromatic heterocycles. The lowest BCUT2D eigenvalue weighted by molar-refractivity contribution is 0.0492. The second-order valence-corrected chi connectivity index (χ2v) is 7.36. The lowest BCUT2D eigenvalue weighted by Crippen LogP contribution is -2.57. The number of ether oxygens (including phenoxy) is 1. The van der Waals surface area contributed by atoms with Crippen LogP contribution in [0.1, 0.15) is 5.56 Å². The van der Waals surface area contributed by atoms with Gasteiger partial charge in [0.05, 0.1) is 34.0 Å². The minimum atomic E-state index is -0.173. The summed E-state index contributed by atoms with van der Waals surface area (Å²) in [5.74, 6) is 0. The highest BCUT2D eigenvalue weighted by atomic mass is 35.5. The first-order chi connectivity index (χ1) is 12.1. The second-order valence-electron chi connectivity index (χ2n) is 5.96. The second kappa shape index (κ2) is 6.54. The number of likely N-dealkylation sites (tertiary alicyclic amines) is 1. The van der Waals surface area contributed by atoms with E-state index in [9.17, 15) is 4.79 Å². The van der Waals surface area contributed by atoms with Gasteiger partial charge >= 0.3 is 6.03 Å². The van der Waals surface area contributed by atoms with E-state index in [4.69, 9.17) is 16.3 Å². The summed E-state index contributed by atoms with van der Waals surface area (Å²) in [5, 5.41) is 3.99. The number of rotatable bonds is 3. The van der Waals surface area contributed by atoms with Crippen molar-refractivity contribution in [2.45, 2.75) is 13.0 Å². The molecule has 128 valence electrons. The number of para-hydroxylation sites is 2. The van der Waals surface area contributed by atoms with Gasteiger partial charge in [-0.25, -0.2) is 9.78 Å². The summed E-state index contributed by atoms with van der Waals surface area (Å²) in [4.78, 5) is 18.4. The molecule has 0 unspecified atom stereocenters. The third-order valence-electron chi connectivity index (χ3n) is 4.12. The third kappa shape index (κ3) is 3.27. The van der Waals surface area contributed by atoms with Crippen LogP contribution >= 0.6 is 22.9 Å². The van der Waals surface area contributed by atoms with Crippen molar-refractivity contribution in [1.29, 1.82) is 0 Å². The Morgan fingerprint density at radius 1 is 1.28 bits per heavy atom. The summed E-state index contributed by atoms with van der Waals surface area (Å²) < 4.78 is 7.02. The number of anilines is 1. The Labute approximate surface area is 154 Å². The fourth-order valence-corrected chi connectivity index (χ4v) is 3.84. The zero-order valence-corrected chi connectivity index (χ0v) is 15.1. The number of thiazole rings is 1. The SMILES string of the molecule is Cc1cccc2sc(OC3CN(C(=O)Nc4ccccc4Cl)C3)nc12.